The van der Waals surface area contributed by atoms with Crippen molar-refractivity contribution in [1.29, 1.82) is 0 Å². The number of hydrogen-bond donors (Lipinski definition) is 1. The fourth-order valence-corrected chi connectivity index (χ4v) is 2.35. The Balaban J connectivity index is 2.27. The van der Waals surface area contributed by atoms with Crippen LogP contribution in [0.1, 0.15) is 26.2 Å². The highest BCUT2D eigenvalue weighted by Crippen LogP contribution is 1.99. The molecule has 1 saturated heterocycles. The Hall–Kier alpha value is -1.07. The average Bonchev–Trinajstić information content (AvgIpc) is 2.51. The molecule has 0 radical (unpaired) electrons. The molecule has 0 atom stereocenters. The largest absolute Gasteiger partial charge is 0.379 e. The molecule has 122 valence electrons. The number of aliphatic imine (C=N–C) groups is 1. The molecule has 0 aromatic carbocycles. The maximum Gasteiger partial charge on any atom is 0.193 e. The van der Waals surface area contributed by atoms with Crippen molar-refractivity contribution in [2.75, 3.05) is 59.5 Å². The van der Waals surface area contributed by atoms with Crippen LogP contribution in [0.3, 0.4) is 0 Å². The van der Waals surface area contributed by atoms with Crippen molar-refractivity contribution in [3.8, 4) is 0 Å². The minimum absolute atomic E-state index is 0.873. The van der Waals surface area contributed by atoms with E-state index in [0.717, 1.165) is 77.7 Å². The smallest absolute Gasteiger partial charge is 0.193 e. The van der Waals surface area contributed by atoms with Crippen LogP contribution in [0, 0.1) is 0 Å². The summed E-state index contributed by atoms with van der Waals surface area (Å²) in [7, 11) is 2.10. The van der Waals surface area contributed by atoms with Gasteiger partial charge >= 0.3 is 0 Å². The molecular weight excluding hydrogens is 264 g/mol. The molecule has 0 bridgehead atoms. The quantitative estimate of drug-likeness (QED) is 0.303. The van der Waals surface area contributed by atoms with E-state index in [4.69, 9.17) is 9.73 Å². The fraction of sp³-hybridized carbons (Fsp3) is 0.812. The van der Waals surface area contributed by atoms with Crippen LogP contribution in [0.15, 0.2) is 17.6 Å². The van der Waals surface area contributed by atoms with Crippen molar-refractivity contribution in [3.05, 3.63) is 12.7 Å². The number of guanidine groups is 1. The number of allylic oxidation sites excluding steroid dienone is 1. The van der Waals surface area contributed by atoms with Crippen LogP contribution in [0.2, 0.25) is 0 Å². The minimum Gasteiger partial charge on any atom is -0.379 e. The molecule has 1 aliphatic rings. The molecule has 1 fully saturated rings. The van der Waals surface area contributed by atoms with Crippen LogP contribution >= 0.6 is 0 Å². The Bertz CT molecular complexity index is 301. The van der Waals surface area contributed by atoms with Gasteiger partial charge in [0.15, 0.2) is 5.96 Å². The van der Waals surface area contributed by atoms with Gasteiger partial charge in [-0.3, -0.25) is 9.89 Å². The van der Waals surface area contributed by atoms with Crippen LogP contribution in [0.5, 0.6) is 0 Å². The Kier molecular flexibility index (Phi) is 9.91. The lowest BCUT2D eigenvalue weighted by molar-refractivity contribution is 0.0377. The first kappa shape index (κ1) is 18.0. The molecule has 21 heavy (non-hydrogen) atoms. The van der Waals surface area contributed by atoms with E-state index in [2.05, 4.69) is 35.7 Å². The predicted molar refractivity (Wildman–Crippen MR) is 89.9 cm³/mol. The number of rotatable bonds is 9. The summed E-state index contributed by atoms with van der Waals surface area (Å²) < 4.78 is 5.36. The molecule has 0 aliphatic carbocycles. The summed E-state index contributed by atoms with van der Waals surface area (Å²) in [5.41, 5.74) is 0. The molecule has 5 heteroatoms. The second-order valence-electron chi connectivity index (χ2n) is 5.40. The van der Waals surface area contributed by atoms with Crippen molar-refractivity contribution >= 4 is 5.96 Å². The highest BCUT2D eigenvalue weighted by atomic mass is 16.5. The van der Waals surface area contributed by atoms with Crippen LogP contribution < -0.4 is 5.32 Å². The maximum atomic E-state index is 5.36. The zero-order chi connectivity index (χ0) is 15.3. The first-order valence-electron chi connectivity index (χ1n) is 8.18. The van der Waals surface area contributed by atoms with Crippen molar-refractivity contribution in [2.24, 2.45) is 4.99 Å². The van der Waals surface area contributed by atoms with Gasteiger partial charge in [-0.2, -0.15) is 0 Å². The maximum absolute atomic E-state index is 5.36. The van der Waals surface area contributed by atoms with E-state index in [9.17, 15) is 0 Å². The zero-order valence-corrected chi connectivity index (χ0v) is 13.8. The molecule has 0 spiro atoms. The molecule has 5 nitrogen and oxygen atoms in total. The average molecular weight is 296 g/mol. The lowest BCUT2D eigenvalue weighted by Gasteiger charge is -2.26. The zero-order valence-electron chi connectivity index (χ0n) is 13.8. The monoisotopic (exact) mass is 296 g/mol. The Labute approximate surface area is 130 Å². The van der Waals surface area contributed by atoms with Crippen LogP contribution in [0.25, 0.3) is 0 Å². The summed E-state index contributed by atoms with van der Waals surface area (Å²) in [6.45, 7) is 13.7. The van der Waals surface area contributed by atoms with Gasteiger partial charge in [-0.25, -0.2) is 0 Å². The van der Waals surface area contributed by atoms with Gasteiger partial charge in [0, 0.05) is 46.3 Å². The molecule has 1 aliphatic heterocycles. The molecule has 1 N–H and O–H groups in total. The third-order valence-corrected chi connectivity index (χ3v) is 3.60. The Morgan fingerprint density at radius 1 is 1.38 bits per heavy atom. The van der Waals surface area contributed by atoms with Gasteiger partial charge in [0.05, 0.1) is 13.2 Å². The number of nitrogens with zero attached hydrogens (tertiary/aromatic N) is 3. The molecule has 0 aromatic heterocycles. The van der Waals surface area contributed by atoms with Crippen molar-refractivity contribution in [3.63, 3.8) is 0 Å². The summed E-state index contributed by atoms with van der Waals surface area (Å²) in [6, 6.07) is 0. The number of ether oxygens (including phenoxy) is 1. The number of hydrogen-bond acceptors (Lipinski definition) is 3. The van der Waals surface area contributed by atoms with E-state index in [0.29, 0.717) is 0 Å². The summed E-state index contributed by atoms with van der Waals surface area (Å²) in [5.74, 6) is 1.02. The summed E-state index contributed by atoms with van der Waals surface area (Å²) in [6.07, 6.45) is 5.26. The summed E-state index contributed by atoms with van der Waals surface area (Å²) in [5, 5.41) is 3.36. The Morgan fingerprint density at radius 3 is 2.81 bits per heavy atom. The van der Waals surface area contributed by atoms with E-state index in [-0.39, 0.29) is 0 Å². The van der Waals surface area contributed by atoms with Crippen LogP contribution in [-0.2, 0) is 4.74 Å². The summed E-state index contributed by atoms with van der Waals surface area (Å²) in [4.78, 5) is 9.39. The first-order valence-corrected chi connectivity index (χ1v) is 8.18. The lowest BCUT2D eigenvalue weighted by atomic mass is 10.3. The minimum atomic E-state index is 0.873. The number of morpholine rings is 1. The van der Waals surface area contributed by atoms with Crippen molar-refractivity contribution < 1.29 is 4.74 Å². The van der Waals surface area contributed by atoms with Crippen molar-refractivity contribution in [1.82, 2.24) is 15.1 Å². The number of unbranched alkanes of at least 4 members (excludes halogenated alkanes) is 1. The standard InChI is InChI=1S/C16H32N4O/c1-4-6-7-10-19(3)16(17-5-2)18-9-8-11-20-12-14-21-15-13-20/h4H,1,5-15H2,2-3H3,(H,17,18). The van der Waals surface area contributed by atoms with E-state index in [1.165, 1.54) is 0 Å². The summed E-state index contributed by atoms with van der Waals surface area (Å²) >= 11 is 0. The van der Waals surface area contributed by atoms with Gasteiger partial charge in [-0.05, 0) is 26.2 Å². The van der Waals surface area contributed by atoms with Gasteiger partial charge in [0.25, 0.3) is 0 Å². The lowest BCUT2D eigenvalue weighted by Crippen LogP contribution is -2.40. The van der Waals surface area contributed by atoms with Crippen LogP contribution in [0.4, 0.5) is 0 Å². The number of nitrogens with one attached hydrogen (secondary N) is 1. The van der Waals surface area contributed by atoms with E-state index >= 15 is 0 Å². The van der Waals surface area contributed by atoms with E-state index in [1.807, 2.05) is 6.08 Å². The SMILES string of the molecule is C=CCCCN(C)C(=NCCCN1CCOCC1)NCC. The fourth-order valence-electron chi connectivity index (χ4n) is 2.35. The topological polar surface area (TPSA) is 40.1 Å². The van der Waals surface area contributed by atoms with Crippen molar-refractivity contribution in [2.45, 2.75) is 26.2 Å². The molecule has 1 heterocycles. The Morgan fingerprint density at radius 2 is 2.14 bits per heavy atom. The van der Waals surface area contributed by atoms with Gasteiger partial charge in [-0.1, -0.05) is 6.08 Å². The van der Waals surface area contributed by atoms with Gasteiger partial charge < -0.3 is 15.0 Å². The van der Waals surface area contributed by atoms with Gasteiger partial charge in [0.1, 0.15) is 0 Å². The predicted octanol–water partition coefficient (Wildman–Crippen LogP) is 1.57. The molecule has 0 aromatic rings. The third-order valence-electron chi connectivity index (χ3n) is 3.60. The van der Waals surface area contributed by atoms with E-state index in [1.54, 1.807) is 0 Å². The van der Waals surface area contributed by atoms with E-state index < -0.39 is 0 Å². The highest BCUT2D eigenvalue weighted by molar-refractivity contribution is 5.79. The molecule has 1 rings (SSSR count). The second kappa shape index (κ2) is 11.6. The third kappa shape index (κ3) is 8.07. The highest BCUT2D eigenvalue weighted by Gasteiger charge is 2.09. The first-order chi connectivity index (χ1) is 10.3. The van der Waals surface area contributed by atoms with Crippen LogP contribution in [-0.4, -0.2) is 75.3 Å². The second-order valence-corrected chi connectivity index (χ2v) is 5.40. The molecule has 0 unspecified atom stereocenters. The normalized spacial score (nSPS) is 16.8. The molecule has 0 saturated carbocycles. The molecule has 0 amide bonds. The van der Waals surface area contributed by atoms with Gasteiger partial charge in [0.2, 0.25) is 0 Å². The van der Waals surface area contributed by atoms with Gasteiger partial charge in [-0.15, -0.1) is 6.58 Å². The molecular formula is C16H32N4O.